The highest BCUT2D eigenvalue weighted by Crippen LogP contribution is 2.34. The van der Waals surface area contributed by atoms with Crippen LogP contribution in [0.2, 0.25) is 0 Å². The third-order valence-corrected chi connectivity index (χ3v) is 3.93. The maximum atomic E-state index is 12.4. The molecule has 8 heteroatoms. The molecule has 0 bridgehead atoms. The number of carbonyl (C=O) groups is 1. The van der Waals surface area contributed by atoms with Crippen molar-refractivity contribution >= 4 is 11.9 Å². The number of nitrogens with zero attached hydrogens (tertiary/aromatic N) is 5. The lowest BCUT2D eigenvalue weighted by molar-refractivity contribution is -0.394. The molecule has 0 N–H and O–H groups in total. The summed E-state index contributed by atoms with van der Waals surface area (Å²) in [5, 5.41) is 14.2. The van der Waals surface area contributed by atoms with Gasteiger partial charge in [0, 0.05) is 17.2 Å². The summed E-state index contributed by atoms with van der Waals surface area (Å²) in [7, 11) is 0. The molecule has 3 rings (SSSR count). The van der Waals surface area contributed by atoms with Crippen LogP contribution in [0, 0.1) is 10.1 Å². The van der Waals surface area contributed by atoms with Crippen molar-refractivity contribution in [3.05, 3.63) is 16.4 Å². The van der Waals surface area contributed by atoms with Gasteiger partial charge in [-0.3, -0.25) is 4.79 Å². The van der Waals surface area contributed by atoms with Gasteiger partial charge in [-0.2, -0.15) is 4.68 Å². The van der Waals surface area contributed by atoms with Gasteiger partial charge in [-0.1, -0.05) is 17.8 Å². The first-order chi connectivity index (χ1) is 9.65. The summed E-state index contributed by atoms with van der Waals surface area (Å²) >= 11 is 0. The molecule has 0 saturated heterocycles. The highest BCUT2D eigenvalue weighted by atomic mass is 16.6. The Kier molecular flexibility index (Phi) is 3.37. The Bertz CT molecular complexity index is 519. The van der Waals surface area contributed by atoms with E-state index in [0.29, 0.717) is 12.1 Å². The van der Waals surface area contributed by atoms with Gasteiger partial charge in [-0.05, 0) is 30.6 Å². The van der Waals surface area contributed by atoms with Crippen molar-refractivity contribution in [2.45, 2.75) is 57.2 Å². The van der Waals surface area contributed by atoms with Crippen molar-refractivity contribution in [2.75, 3.05) is 0 Å². The van der Waals surface area contributed by atoms with Crippen LogP contribution in [-0.2, 0) is 11.3 Å². The van der Waals surface area contributed by atoms with Crippen LogP contribution in [0.4, 0.5) is 5.95 Å². The van der Waals surface area contributed by atoms with E-state index in [1.165, 1.54) is 23.9 Å². The predicted molar refractivity (Wildman–Crippen MR) is 68.8 cm³/mol. The molecule has 108 valence electrons. The normalized spacial score (nSPS) is 19.2. The van der Waals surface area contributed by atoms with E-state index in [2.05, 4.69) is 10.1 Å². The van der Waals surface area contributed by atoms with E-state index < -0.39 is 10.9 Å². The Hall–Kier alpha value is -1.99. The third kappa shape index (κ3) is 2.63. The SMILES string of the molecule is O=C(Cn1cnc([N+](=O)[O-])n1)N(C1CCCC1)C1CC1. The molecule has 0 spiro atoms. The summed E-state index contributed by atoms with van der Waals surface area (Å²) in [4.78, 5) is 27.9. The fourth-order valence-electron chi connectivity index (χ4n) is 2.91. The van der Waals surface area contributed by atoms with Gasteiger partial charge < -0.3 is 15.0 Å². The van der Waals surface area contributed by atoms with Crippen LogP contribution in [0.15, 0.2) is 6.33 Å². The quantitative estimate of drug-likeness (QED) is 0.594. The molecule has 0 atom stereocenters. The Morgan fingerprint density at radius 1 is 1.35 bits per heavy atom. The number of rotatable bonds is 5. The van der Waals surface area contributed by atoms with Gasteiger partial charge in [0.2, 0.25) is 12.2 Å². The molecule has 1 amide bonds. The average Bonchev–Trinajstić information content (AvgIpc) is 2.91. The van der Waals surface area contributed by atoms with Gasteiger partial charge in [0.1, 0.15) is 6.54 Å². The molecule has 1 aromatic heterocycles. The summed E-state index contributed by atoms with van der Waals surface area (Å²) in [6, 6.07) is 0.706. The zero-order valence-corrected chi connectivity index (χ0v) is 11.1. The van der Waals surface area contributed by atoms with Gasteiger partial charge in [-0.25, -0.2) is 0 Å². The molecule has 0 aromatic carbocycles. The molecule has 2 fully saturated rings. The lowest BCUT2D eigenvalue weighted by atomic mass is 10.2. The number of hydrogen-bond donors (Lipinski definition) is 0. The van der Waals surface area contributed by atoms with E-state index in [-0.39, 0.29) is 12.5 Å². The molecule has 2 aliphatic carbocycles. The minimum atomic E-state index is -0.656. The van der Waals surface area contributed by atoms with Crippen LogP contribution in [0.25, 0.3) is 0 Å². The predicted octanol–water partition coefficient (Wildman–Crippen LogP) is 1.12. The molecule has 2 aliphatic rings. The van der Waals surface area contributed by atoms with Crippen LogP contribution in [0.1, 0.15) is 38.5 Å². The first-order valence-electron chi connectivity index (χ1n) is 7.00. The number of nitro groups is 1. The lowest BCUT2D eigenvalue weighted by Crippen LogP contribution is -2.42. The van der Waals surface area contributed by atoms with E-state index in [4.69, 9.17) is 0 Å². The number of carbonyl (C=O) groups excluding carboxylic acids is 1. The van der Waals surface area contributed by atoms with Crippen molar-refractivity contribution in [3.63, 3.8) is 0 Å². The summed E-state index contributed by atoms with van der Waals surface area (Å²) in [6.07, 6.45) is 7.88. The highest BCUT2D eigenvalue weighted by molar-refractivity contribution is 5.77. The Morgan fingerprint density at radius 3 is 2.55 bits per heavy atom. The molecular weight excluding hydrogens is 262 g/mol. The maximum absolute atomic E-state index is 12.4. The van der Waals surface area contributed by atoms with Crippen molar-refractivity contribution in [2.24, 2.45) is 0 Å². The maximum Gasteiger partial charge on any atom is 0.490 e. The Morgan fingerprint density at radius 2 is 2.00 bits per heavy atom. The minimum absolute atomic E-state index is 0.000743. The van der Waals surface area contributed by atoms with E-state index >= 15 is 0 Å². The minimum Gasteiger partial charge on any atom is -0.390 e. The molecule has 1 aromatic rings. The van der Waals surface area contributed by atoms with Gasteiger partial charge in [-0.15, -0.1) is 0 Å². The zero-order chi connectivity index (χ0) is 14.1. The molecule has 20 heavy (non-hydrogen) atoms. The smallest absolute Gasteiger partial charge is 0.390 e. The van der Waals surface area contributed by atoms with Gasteiger partial charge in [0.15, 0.2) is 0 Å². The lowest BCUT2D eigenvalue weighted by Gasteiger charge is -2.28. The van der Waals surface area contributed by atoms with E-state index in [1.54, 1.807) is 0 Å². The first kappa shape index (κ1) is 13.0. The largest absolute Gasteiger partial charge is 0.490 e. The zero-order valence-electron chi connectivity index (χ0n) is 11.1. The number of amides is 1. The first-order valence-corrected chi connectivity index (χ1v) is 7.00. The molecule has 1 heterocycles. The standard InChI is InChI=1S/C12H17N5O3/c18-11(7-15-8-13-12(14-15)17(19)20)16(10-5-6-10)9-3-1-2-4-9/h8-10H,1-7H2. The summed E-state index contributed by atoms with van der Waals surface area (Å²) in [5.74, 6) is -0.462. The fourth-order valence-corrected chi connectivity index (χ4v) is 2.91. The second-order valence-electron chi connectivity index (χ2n) is 5.47. The average molecular weight is 279 g/mol. The second kappa shape index (κ2) is 5.18. The van der Waals surface area contributed by atoms with Crippen LogP contribution >= 0.6 is 0 Å². The van der Waals surface area contributed by atoms with Gasteiger partial charge in [0.25, 0.3) is 0 Å². The third-order valence-electron chi connectivity index (χ3n) is 3.93. The van der Waals surface area contributed by atoms with Crippen LogP contribution in [-0.4, -0.2) is 42.6 Å². The van der Waals surface area contributed by atoms with Crippen molar-refractivity contribution < 1.29 is 9.72 Å². The van der Waals surface area contributed by atoms with Crippen LogP contribution in [0.3, 0.4) is 0 Å². The summed E-state index contributed by atoms with van der Waals surface area (Å²) in [6.45, 7) is 0.0356. The van der Waals surface area contributed by atoms with Crippen molar-refractivity contribution in [1.82, 2.24) is 19.7 Å². The molecular formula is C12H17N5O3. The van der Waals surface area contributed by atoms with E-state index in [1.807, 2.05) is 4.90 Å². The highest BCUT2D eigenvalue weighted by Gasteiger charge is 2.38. The van der Waals surface area contributed by atoms with Gasteiger partial charge >= 0.3 is 5.95 Å². The van der Waals surface area contributed by atoms with Crippen LogP contribution < -0.4 is 0 Å². The Labute approximate surface area is 115 Å². The molecule has 0 aliphatic heterocycles. The van der Waals surface area contributed by atoms with Gasteiger partial charge in [0.05, 0.1) is 0 Å². The molecule has 2 saturated carbocycles. The van der Waals surface area contributed by atoms with Crippen LogP contribution in [0.5, 0.6) is 0 Å². The van der Waals surface area contributed by atoms with E-state index in [0.717, 1.165) is 25.7 Å². The summed E-state index contributed by atoms with van der Waals surface area (Å²) < 4.78 is 1.25. The second-order valence-corrected chi connectivity index (χ2v) is 5.47. The molecule has 0 unspecified atom stereocenters. The molecule has 0 radical (unpaired) electrons. The fraction of sp³-hybridized carbons (Fsp3) is 0.750. The number of aromatic nitrogens is 3. The molecule has 8 nitrogen and oxygen atoms in total. The number of hydrogen-bond acceptors (Lipinski definition) is 5. The van der Waals surface area contributed by atoms with Crippen molar-refractivity contribution in [3.8, 4) is 0 Å². The van der Waals surface area contributed by atoms with Crippen molar-refractivity contribution in [1.29, 1.82) is 0 Å². The summed E-state index contributed by atoms with van der Waals surface area (Å²) in [5.41, 5.74) is 0. The Balaban J connectivity index is 1.67. The topological polar surface area (TPSA) is 94.2 Å². The monoisotopic (exact) mass is 279 g/mol. The van der Waals surface area contributed by atoms with E-state index in [9.17, 15) is 14.9 Å².